The molecule has 1 N–H and O–H groups in total. The first kappa shape index (κ1) is 13.4. The topological polar surface area (TPSA) is 27.6 Å². The molecule has 1 aliphatic heterocycles. The Kier molecular flexibility index (Phi) is 3.90. The Morgan fingerprint density at radius 1 is 1.30 bits per heavy atom. The van der Waals surface area contributed by atoms with Crippen molar-refractivity contribution in [3.05, 3.63) is 35.6 Å². The smallest absolute Gasteiger partial charge is 0.193 e. The van der Waals surface area contributed by atoms with Gasteiger partial charge in [0.1, 0.15) is 5.82 Å². The van der Waals surface area contributed by atoms with Crippen LogP contribution in [-0.2, 0) is 6.42 Å². The van der Waals surface area contributed by atoms with Crippen LogP contribution in [0.2, 0.25) is 0 Å². The molecular weight excluding hydrogens is 253 g/mol. The summed E-state index contributed by atoms with van der Waals surface area (Å²) >= 11 is 0. The van der Waals surface area contributed by atoms with Crippen molar-refractivity contribution in [3.8, 4) is 0 Å². The van der Waals surface area contributed by atoms with Crippen LogP contribution in [0.25, 0.3) is 0 Å². The van der Waals surface area contributed by atoms with Gasteiger partial charge in [0.15, 0.2) is 5.96 Å². The van der Waals surface area contributed by atoms with E-state index in [1.165, 1.54) is 24.8 Å². The number of halogens is 1. The highest BCUT2D eigenvalue weighted by Gasteiger charge is 2.29. The molecule has 1 heterocycles. The van der Waals surface area contributed by atoms with Gasteiger partial charge in [-0.25, -0.2) is 4.39 Å². The SMILES string of the molecule is CN=C(NC1CC1)N1CCC(Cc2ccc(F)cc2)C1. The molecule has 0 spiro atoms. The van der Waals surface area contributed by atoms with E-state index in [-0.39, 0.29) is 5.82 Å². The monoisotopic (exact) mass is 275 g/mol. The second-order valence-corrected chi connectivity index (χ2v) is 5.90. The predicted molar refractivity (Wildman–Crippen MR) is 79.3 cm³/mol. The molecule has 20 heavy (non-hydrogen) atoms. The van der Waals surface area contributed by atoms with Gasteiger partial charge in [-0.2, -0.15) is 0 Å². The molecule has 2 aliphatic rings. The van der Waals surface area contributed by atoms with Crippen LogP contribution >= 0.6 is 0 Å². The fourth-order valence-electron chi connectivity index (χ4n) is 2.85. The Morgan fingerprint density at radius 2 is 2.05 bits per heavy atom. The van der Waals surface area contributed by atoms with Gasteiger partial charge in [0, 0.05) is 26.2 Å². The zero-order valence-corrected chi connectivity index (χ0v) is 12.0. The zero-order valence-electron chi connectivity index (χ0n) is 12.0. The largest absolute Gasteiger partial charge is 0.354 e. The average molecular weight is 275 g/mol. The number of hydrogen-bond acceptors (Lipinski definition) is 1. The van der Waals surface area contributed by atoms with Crippen LogP contribution in [0.1, 0.15) is 24.8 Å². The van der Waals surface area contributed by atoms with E-state index in [2.05, 4.69) is 15.2 Å². The quantitative estimate of drug-likeness (QED) is 0.678. The van der Waals surface area contributed by atoms with E-state index in [0.717, 1.165) is 25.5 Å². The summed E-state index contributed by atoms with van der Waals surface area (Å²) in [5, 5.41) is 3.50. The summed E-state index contributed by atoms with van der Waals surface area (Å²) in [6, 6.07) is 7.54. The van der Waals surface area contributed by atoms with E-state index in [1.807, 2.05) is 19.2 Å². The average Bonchev–Trinajstić information content (AvgIpc) is 3.17. The van der Waals surface area contributed by atoms with Gasteiger partial charge in [-0.15, -0.1) is 0 Å². The van der Waals surface area contributed by atoms with Crippen LogP contribution in [0.3, 0.4) is 0 Å². The van der Waals surface area contributed by atoms with Crippen LogP contribution in [0, 0.1) is 11.7 Å². The van der Waals surface area contributed by atoms with E-state index in [9.17, 15) is 4.39 Å². The number of nitrogens with zero attached hydrogens (tertiary/aromatic N) is 2. The predicted octanol–water partition coefficient (Wildman–Crippen LogP) is 2.43. The Balaban J connectivity index is 1.54. The maximum Gasteiger partial charge on any atom is 0.193 e. The maximum atomic E-state index is 12.9. The van der Waals surface area contributed by atoms with Crippen LogP contribution in [0.15, 0.2) is 29.3 Å². The van der Waals surface area contributed by atoms with Crippen molar-refractivity contribution in [2.75, 3.05) is 20.1 Å². The molecule has 0 radical (unpaired) electrons. The summed E-state index contributed by atoms with van der Waals surface area (Å²) in [5.41, 5.74) is 1.23. The third-order valence-electron chi connectivity index (χ3n) is 4.15. The molecule has 1 aliphatic carbocycles. The van der Waals surface area contributed by atoms with Crippen molar-refractivity contribution in [1.29, 1.82) is 0 Å². The van der Waals surface area contributed by atoms with Crippen LogP contribution in [0.5, 0.6) is 0 Å². The molecule has 0 aromatic heterocycles. The highest BCUT2D eigenvalue weighted by Crippen LogP contribution is 2.23. The molecule has 1 atom stereocenters. The van der Waals surface area contributed by atoms with Crippen LogP contribution in [-0.4, -0.2) is 37.0 Å². The van der Waals surface area contributed by atoms with Gasteiger partial charge < -0.3 is 10.2 Å². The molecule has 1 aromatic rings. The molecule has 2 fully saturated rings. The van der Waals surface area contributed by atoms with Gasteiger partial charge >= 0.3 is 0 Å². The number of hydrogen-bond donors (Lipinski definition) is 1. The summed E-state index contributed by atoms with van der Waals surface area (Å²) in [4.78, 5) is 6.74. The number of nitrogens with one attached hydrogen (secondary N) is 1. The first-order chi connectivity index (χ1) is 9.74. The van der Waals surface area contributed by atoms with Gasteiger partial charge in [0.05, 0.1) is 0 Å². The van der Waals surface area contributed by atoms with Crippen molar-refractivity contribution in [2.24, 2.45) is 10.9 Å². The summed E-state index contributed by atoms with van der Waals surface area (Å²) in [5.74, 6) is 1.53. The molecule has 3 rings (SSSR count). The van der Waals surface area contributed by atoms with Crippen molar-refractivity contribution in [1.82, 2.24) is 10.2 Å². The minimum Gasteiger partial charge on any atom is -0.354 e. The van der Waals surface area contributed by atoms with E-state index >= 15 is 0 Å². The maximum absolute atomic E-state index is 12.9. The minimum absolute atomic E-state index is 0.157. The number of aliphatic imine (C=N–C) groups is 1. The fourth-order valence-corrected chi connectivity index (χ4v) is 2.85. The third-order valence-corrected chi connectivity index (χ3v) is 4.15. The molecule has 4 heteroatoms. The number of guanidine groups is 1. The van der Waals surface area contributed by atoms with E-state index in [1.54, 1.807) is 12.1 Å². The fraction of sp³-hybridized carbons (Fsp3) is 0.562. The summed E-state index contributed by atoms with van der Waals surface area (Å²) < 4.78 is 12.9. The molecule has 0 bridgehead atoms. The Bertz CT molecular complexity index is 479. The standard InChI is InChI=1S/C16H22FN3/c1-18-16(19-15-6-7-15)20-9-8-13(11-20)10-12-2-4-14(17)5-3-12/h2-5,13,15H,6-11H2,1H3,(H,18,19). The first-order valence-corrected chi connectivity index (χ1v) is 7.47. The van der Waals surface area contributed by atoms with Crippen LogP contribution < -0.4 is 5.32 Å². The van der Waals surface area contributed by atoms with Gasteiger partial charge in [-0.1, -0.05) is 12.1 Å². The molecule has 1 unspecified atom stereocenters. The molecule has 1 aromatic carbocycles. The van der Waals surface area contributed by atoms with Crippen molar-refractivity contribution < 1.29 is 4.39 Å². The van der Waals surface area contributed by atoms with Crippen molar-refractivity contribution >= 4 is 5.96 Å². The lowest BCUT2D eigenvalue weighted by Crippen LogP contribution is -2.41. The first-order valence-electron chi connectivity index (χ1n) is 7.47. The van der Waals surface area contributed by atoms with Crippen molar-refractivity contribution in [3.63, 3.8) is 0 Å². The molecule has 0 amide bonds. The highest BCUT2D eigenvalue weighted by atomic mass is 19.1. The summed E-state index contributed by atoms with van der Waals surface area (Å²) in [6.07, 6.45) is 4.75. The van der Waals surface area contributed by atoms with E-state index in [4.69, 9.17) is 0 Å². The van der Waals surface area contributed by atoms with Gasteiger partial charge in [0.2, 0.25) is 0 Å². The second-order valence-electron chi connectivity index (χ2n) is 5.90. The third kappa shape index (κ3) is 3.30. The lowest BCUT2D eigenvalue weighted by molar-refractivity contribution is 0.459. The van der Waals surface area contributed by atoms with E-state index < -0.39 is 0 Å². The lowest BCUT2D eigenvalue weighted by atomic mass is 9.99. The molecule has 1 saturated heterocycles. The number of rotatable bonds is 3. The molecular formula is C16H22FN3. The van der Waals surface area contributed by atoms with E-state index in [0.29, 0.717) is 12.0 Å². The molecule has 3 nitrogen and oxygen atoms in total. The Hall–Kier alpha value is -1.58. The van der Waals surface area contributed by atoms with Gasteiger partial charge in [0.25, 0.3) is 0 Å². The zero-order chi connectivity index (χ0) is 13.9. The molecule has 1 saturated carbocycles. The van der Waals surface area contributed by atoms with Gasteiger partial charge in [-0.05, 0) is 49.3 Å². The molecule has 108 valence electrons. The lowest BCUT2D eigenvalue weighted by Gasteiger charge is -2.21. The summed E-state index contributed by atoms with van der Waals surface area (Å²) in [6.45, 7) is 2.11. The van der Waals surface area contributed by atoms with Crippen molar-refractivity contribution in [2.45, 2.75) is 31.7 Å². The van der Waals surface area contributed by atoms with Crippen LogP contribution in [0.4, 0.5) is 4.39 Å². The number of likely N-dealkylation sites (tertiary alicyclic amines) is 1. The highest BCUT2D eigenvalue weighted by molar-refractivity contribution is 5.80. The Labute approximate surface area is 119 Å². The number of benzene rings is 1. The Morgan fingerprint density at radius 3 is 2.70 bits per heavy atom. The second kappa shape index (κ2) is 5.81. The van der Waals surface area contributed by atoms with Gasteiger partial charge in [-0.3, -0.25) is 4.99 Å². The normalized spacial score (nSPS) is 23.2. The minimum atomic E-state index is -0.157. The summed E-state index contributed by atoms with van der Waals surface area (Å²) in [7, 11) is 1.86.